The standard InChI is InChI=1S/C15H12BrNO4S/c16-10-4-3-5-11(8-10)22(20,21)17-9-13(15(18)19)12-6-1-2-7-14(12)17/h1-8,13H,9H2,(H,18,19). The van der Waals surface area contributed by atoms with E-state index in [0.717, 1.165) is 0 Å². The lowest BCUT2D eigenvalue weighted by Crippen LogP contribution is -2.31. The summed E-state index contributed by atoms with van der Waals surface area (Å²) in [7, 11) is -3.80. The monoisotopic (exact) mass is 381 g/mol. The summed E-state index contributed by atoms with van der Waals surface area (Å²) < 4.78 is 27.5. The summed E-state index contributed by atoms with van der Waals surface area (Å²) in [6, 6.07) is 13.1. The second kappa shape index (κ2) is 5.40. The first-order valence-corrected chi connectivity index (χ1v) is 8.74. The maximum atomic E-state index is 12.8. The molecule has 0 spiro atoms. The smallest absolute Gasteiger partial charge is 0.312 e. The maximum Gasteiger partial charge on any atom is 0.312 e. The molecule has 0 bridgehead atoms. The third-order valence-corrected chi connectivity index (χ3v) is 5.88. The van der Waals surface area contributed by atoms with Gasteiger partial charge in [-0.3, -0.25) is 9.10 Å². The van der Waals surface area contributed by atoms with Crippen molar-refractivity contribution in [1.29, 1.82) is 0 Å². The topological polar surface area (TPSA) is 74.7 Å². The van der Waals surface area contributed by atoms with Gasteiger partial charge in [0.15, 0.2) is 0 Å². The summed E-state index contributed by atoms with van der Waals surface area (Å²) in [6.45, 7) is -0.0937. The quantitative estimate of drug-likeness (QED) is 0.886. The van der Waals surface area contributed by atoms with E-state index in [4.69, 9.17) is 0 Å². The van der Waals surface area contributed by atoms with E-state index in [1.807, 2.05) is 0 Å². The number of hydrogen-bond donors (Lipinski definition) is 1. The molecule has 0 saturated heterocycles. The molecule has 0 radical (unpaired) electrons. The van der Waals surface area contributed by atoms with Crippen LogP contribution < -0.4 is 4.31 Å². The number of rotatable bonds is 3. The van der Waals surface area contributed by atoms with Gasteiger partial charge in [0.2, 0.25) is 0 Å². The molecule has 0 fully saturated rings. The Labute approximate surface area is 136 Å². The van der Waals surface area contributed by atoms with Crippen molar-refractivity contribution in [2.75, 3.05) is 10.8 Å². The predicted octanol–water partition coefficient (Wildman–Crippen LogP) is 2.83. The van der Waals surface area contributed by atoms with Crippen molar-refractivity contribution < 1.29 is 18.3 Å². The Balaban J connectivity index is 2.11. The van der Waals surface area contributed by atoms with E-state index < -0.39 is 21.9 Å². The second-order valence-corrected chi connectivity index (χ2v) is 7.72. The van der Waals surface area contributed by atoms with E-state index >= 15 is 0 Å². The van der Waals surface area contributed by atoms with Crippen LogP contribution in [0.3, 0.4) is 0 Å². The molecule has 1 unspecified atom stereocenters. The van der Waals surface area contributed by atoms with Crippen LogP contribution in [0.15, 0.2) is 57.9 Å². The molecule has 2 aromatic carbocycles. The zero-order valence-corrected chi connectivity index (χ0v) is 13.7. The summed E-state index contributed by atoms with van der Waals surface area (Å²) in [6.07, 6.45) is 0. The van der Waals surface area contributed by atoms with Gasteiger partial charge in [-0.15, -0.1) is 0 Å². The minimum absolute atomic E-state index is 0.0937. The second-order valence-electron chi connectivity index (χ2n) is 4.94. The maximum absolute atomic E-state index is 12.8. The number of anilines is 1. The van der Waals surface area contributed by atoms with Crippen molar-refractivity contribution >= 4 is 37.6 Å². The Hall–Kier alpha value is -1.86. The molecule has 1 atom stereocenters. The molecule has 3 rings (SSSR count). The molecular formula is C15H12BrNO4S. The first-order chi connectivity index (χ1) is 10.4. The number of fused-ring (bicyclic) bond motifs is 1. The fourth-order valence-electron chi connectivity index (χ4n) is 2.57. The van der Waals surface area contributed by atoms with Crippen molar-refractivity contribution in [3.8, 4) is 0 Å². The number of carboxylic acids is 1. The van der Waals surface area contributed by atoms with Crippen LogP contribution in [0, 0.1) is 0 Å². The third kappa shape index (κ3) is 2.40. The average molecular weight is 382 g/mol. The van der Waals surface area contributed by atoms with Gasteiger partial charge < -0.3 is 5.11 Å². The Morgan fingerprint density at radius 1 is 1.18 bits per heavy atom. The lowest BCUT2D eigenvalue weighted by Gasteiger charge is -2.19. The number of hydrogen-bond acceptors (Lipinski definition) is 3. The van der Waals surface area contributed by atoms with Crippen molar-refractivity contribution in [2.45, 2.75) is 10.8 Å². The van der Waals surface area contributed by atoms with Gasteiger partial charge in [0.1, 0.15) is 5.92 Å². The highest BCUT2D eigenvalue weighted by Gasteiger charge is 2.39. The lowest BCUT2D eigenvalue weighted by molar-refractivity contribution is -0.138. The molecule has 22 heavy (non-hydrogen) atoms. The Morgan fingerprint density at radius 2 is 1.91 bits per heavy atom. The number of nitrogens with zero attached hydrogens (tertiary/aromatic N) is 1. The van der Waals surface area contributed by atoms with E-state index in [1.165, 1.54) is 16.4 Å². The Bertz CT molecular complexity index is 850. The van der Waals surface area contributed by atoms with Crippen molar-refractivity contribution in [2.24, 2.45) is 0 Å². The highest BCUT2D eigenvalue weighted by molar-refractivity contribution is 9.10. The normalized spacial score (nSPS) is 17.3. The summed E-state index contributed by atoms with van der Waals surface area (Å²) in [5, 5.41) is 9.33. The van der Waals surface area contributed by atoms with Gasteiger partial charge in [0, 0.05) is 4.47 Å². The average Bonchev–Trinajstić information content (AvgIpc) is 2.87. The number of aliphatic carboxylic acids is 1. The molecule has 0 amide bonds. The zero-order valence-electron chi connectivity index (χ0n) is 11.3. The molecule has 2 aromatic rings. The fourth-order valence-corrected chi connectivity index (χ4v) is 4.67. The lowest BCUT2D eigenvalue weighted by atomic mass is 10.0. The predicted molar refractivity (Wildman–Crippen MR) is 85.5 cm³/mol. The highest BCUT2D eigenvalue weighted by Crippen LogP contribution is 2.39. The van der Waals surface area contributed by atoms with E-state index in [9.17, 15) is 18.3 Å². The number of benzene rings is 2. The summed E-state index contributed by atoms with van der Waals surface area (Å²) >= 11 is 3.25. The number of carbonyl (C=O) groups is 1. The molecule has 0 aliphatic carbocycles. The largest absolute Gasteiger partial charge is 0.481 e. The molecular weight excluding hydrogens is 370 g/mol. The van der Waals surface area contributed by atoms with Gasteiger partial charge in [0.25, 0.3) is 10.0 Å². The van der Waals surface area contributed by atoms with Crippen LogP contribution in [0.2, 0.25) is 0 Å². The van der Waals surface area contributed by atoms with E-state index in [-0.39, 0.29) is 11.4 Å². The first-order valence-electron chi connectivity index (χ1n) is 6.51. The molecule has 114 valence electrons. The molecule has 1 N–H and O–H groups in total. The van der Waals surface area contributed by atoms with Crippen LogP contribution in [-0.2, 0) is 14.8 Å². The summed E-state index contributed by atoms with van der Waals surface area (Å²) in [4.78, 5) is 11.5. The van der Waals surface area contributed by atoms with Gasteiger partial charge in [-0.05, 0) is 29.8 Å². The Morgan fingerprint density at radius 3 is 2.59 bits per heavy atom. The van der Waals surface area contributed by atoms with Crippen molar-refractivity contribution in [3.63, 3.8) is 0 Å². The highest BCUT2D eigenvalue weighted by atomic mass is 79.9. The number of para-hydroxylation sites is 1. The molecule has 0 saturated carbocycles. The van der Waals surface area contributed by atoms with E-state index in [0.29, 0.717) is 15.7 Å². The van der Waals surface area contributed by atoms with Gasteiger partial charge >= 0.3 is 5.97 Å². The van der Waals surface area contributed by atoms with Crippen LogP contribution in [0.1, 0.15) is 11.5 Å². The van der Waals surface area contributed by atoms with E-state index in [1.54, 1.807) is 36.4 Å². The summed E-state index contributed by atoms with van der Waals surface area (Å²) in [5.74, 6) is -1.88. The minimum atomic E-state index is -3.80. The van der Waals surface area contributed by atoms with Crippen LogP contribution in [0.5, 0.6) is 0 Å². The summed E-state index contributed by atoms with van der Waals surface area (Å²) in [5.41, 5.74) is 0.948. The SMILES string of the molecule is O=C(O)C1CN(S(=O)(=O)c2cccc(Br)c2)c2ccccc21. The van der Waals surface area contributed by atoms with Crippen LogP contribution in [-0.4, -0.2) is 26.0 Å². The molecule has 7 heteroatoms. The number of halogens is 1. The van der Waals surface area contributed by atoms with Crippen molar-refractivity contribution in [3.05, 3.63) is 58.6 Å². The Kier molecular flexibility index (Phi) is 3.70. The fraction of sp³-hybridized carbons (Fsp3) is 0.133. The van der Waals surface area contributed by atoms with Crippen molar-refractivity contribution in [1.82, 2.24) is 0 Å². The molecule has 1 heterocycles. The first kappa shape index (κ1) is 15.1. The van der Waals surface area contributed by atoms with Crippen LogP contribution >= 0.6 is 15.9 Å². The van der Waals surface area contributed by atoms with Gasteiger partial charge in [-0.25, -0.2) is 8.42 Å². The van der Waals surface area contributed by atoms with Gasteiger partial charge in [-0.2, -0.15) is 0 Å². The molecule has 0 aromatic heterocycles. The van der Waals surface area contributed by atoms with Gasteiger partial charge in [-0.1, -0.05) is 40.2 Å². The van der Waals surface area contributed by atoms with Gasteiger partial charge in [0.05, 0.1) is 17.1 Å². The molecule has 1 aliphatic rings. The molecule has 1 aliphatic heterocycles. The van der Waals surface area contributed by atoms with Crippen LogP contribution in [0.25, 0.3) is 0 Å². The minimum Gasteiger partial charge on any atom is -0.481 e. The molecule has 5 nitrogen and oxygen atoms in total. The number of carboxylic acid groups (broad SMARTS) is 1. The van der Waals surface area contributed by atoms with E-state index in [2.05, 4.69) is 15.9 Å². The zero-order chi connectivity index (χ0) is 15.9. The van der Waals surface area contributed by atoms with Crippen LogP contribution in [0.4, 0.5) is 5.69 Å². The third-order valence-electron chi connectivity index (χ3n) is 3.61. The number of sulfonamides is 1.